The average molecular weight is 222 g/mol. The Morgan fingerprint density at radius 1 is 1.33 bits per heavy atom. The van der Waals surface area contributed by atoms with E-state index in [4.69, 9.17) is 4.42 Å². The Hall–Kier alpha value is -1.09. The molecule has 1 aromatic carbocycles. The molecule has 2 nitrogen and oxygen atoms in total. The van der Waals surface area contributed by atoms with E-state index >= 15 is 0 Å². The van der Waals surface area contributed by atoms with E-state index in [1.807, 2.05) is 17.8 Å². The summed E-state index contributed by atoms with van der Waals surface area (Å²) in [5.74, 6) is 2.13. The van der Waals surface area contributed by atoms with E-state index in [0.717, 1.165) is 22.5 Å². The zero-order valence-electron chi connectivity index (χ0n) is 8.86. The summed E-state index contributed by atoms with van der Waals surface area (Å²) in [5.41, 5.74) is 0.840. The fourth-order valence-corrected chi connectivity index (χ4v) is 2.05. The predicted molar refractivity (Wildman–Crippen MR) is 64.3 cm³/mol. The van der Waals surface area contributed by atoms with Gasteiger partial charge in [0.1, 0.15) is 17.1 Å². The average Bonchev–Trinajstić information content (AvgIpc) is 2.56. The van der Waals surface area contributed by atoms with Gasteiger partial charge in [0.2, 0.25) is 0 Å². The zero-order chi connectivity index (χ0) is 10.8. The molecule has 0 fully saturated rings. The van der Waals surface area contributed by atoms with Gasteiger partial charge in [0.15, 0.2) is 0 Å². The Morgan fingerprint density at radius 3 is 2.87 bits per heavy atom. The van der Waals surface area contributed by atoms with Crippen molar-refractivity contribution in [3.8, 4) is 5.75 Å². The third-order valence-electron chi connectivity index (χ3n) is 2.11. The number of fused-ring (bicyclic) bond motifs is 1. The number of thioether (sulfide) groups is 1. The van der Waals surface area contributed by atoms with Gasteiger partial charge in [-0.3, -0.25) is 0 Å². The molecule has 2 rings (SSSR count). The van der Waals surface area contributed by atoms with Crippen molar-refractivity contribution in [1.29, 1.82) is 0 Å². The van der Waals surface area contributed by atoms with Crippen molar-refractivity contribution in [3.05, 3.63) is 30.0 Å². The summed E-state index contributed by atoms with van der Waals surface area (Å²) in [4.78, 5) is 0. The molecule has 0 radical (unpaired) electrons. The van der Waals surface area contributed by atoms with Gasteiger partial charge in [0.25, 0.3) is 0 Å². The molecule has 0 saturated carbocycles. The Kier molecular flexibility index (Phi) is 2.91. The fourth-order valence-electron chi connectivity index (χ4n) is 1.41. The summed E-state index contributed by atoms with van der Waals surface area (Å²) in [6.45, 7) is 4.33. The predicted octanol–water partition coefficient (Wildman–Crippen LogP) is 3.78. The van der Waals surface area contributed by atoms with Crippen LogP contribution in [0, 0.1) is 0 Å². The van der Waals surface area contributed by atoms with Crippen molar-refractivity contribution in [1.82, 2.24) is 0 Å². The smallest absolute Gasteiger partial charge is 0.134 e. The molecular weight excluding hydrogens is 208 g/mol. The molecule has 0 saturated heterocycles. The third-order valence-corrected chi connectivity index (χ3v) is 3.23. The monoisotopic (exact) mass is 222 g/mol. The minimum absolute atomic E-state index is 0.284. The van der Waals surface area contributed by atoms with E-state index in [9.17, 15) is 5.11 Å². The molecule has 0 aliphatic rings. The molecule has 0 spiro atoms. The van der Waals surface area contributed by atoms with Crippen LogP contribution in [0.15, 0.2) is 28.7 Å². The van der Waals surface area contributed by atoms with Crippen LogP contribution in [0.25, 0.3) is 11.0 Å². The highest BCUT2D eigenvalue weighted by Gasteiger charge is 2.05. The lowest BCUT2D eigenvalue weighted by Gasteiger charge is -2.00. The molecule has 0 bridgehead atoms. The third kappa shape index (κ3) is 2.48. The van der Waals surface area contributed by atoms with Gasteiger partial charge in [-0.25, -0.2) is 0 Å². The first-order valence-electron chi connectivity index (χ1n) is 4.98. The van der Waals surface area contributed by atoms with Crippen LogP contribution in [0.2, 0.25) is 0 Å². The second kappa shape index (κ2) is 4.19. The molecule has 2 aromatic rings. The highest BCUT2D eigenvalue weighted by molar-refractivity contribution is 7.99. The van der Waals surface area contributed by atoms with Crippen LogP contribution in [0.4, 0.5) is 0 Å². The lowest BCUT2D eigenvalue weighted by molar-refractivity contribution is 0.475. The Labute approximate surface area is 93.3 Å². The number of rotatable bonds is 3. The first-order chi connectivity index (χ1) is 7.15. The van der Waals surface area contributed by atoms with Gasteiger partial charge in [0.05, 0.1) is 5.75 Å². The molecule has 1 heterocycles. The SMILES string of the molecule is CC(C)SCc1cc2cc(O)ccc2o1. The highest BCUT2D eigenvalue weighted by Crippen LogP contribution is 2.26. The van der Waals surface area contributed by atoms with Gasteiger partial charge in [-0.15, -0.1) is 0 Å². The van der Waals surface area contributed by atoms with Gasteiger partial charge in [-0.2, -0.15) is 11.8 Å². The van der Waals surface area contributed by atoms with Crippen molar-refractivity contribution in [2.24, 2.45) is 0 Å². The number of aromatic hydroxyl groups is 1. The molecule has 0 amide bonds. The maximum Gasteiger partial charge on any atom is 0.134 e. The number of benzene rings is 1. The maximum atomic E-state index is 9.31. The number of phenols is 1. The lowest BCUT2D eigenvalue weighted by atomic mass is 10.2. The van der Waals surface area contributed by atoms with E-state index in [1.165, 1.54) is 0 Å². The van der Waals surface area contributed by atoms with Gasteiger partial charge >= 0.3 is 0 Å². The van der Waals surface area contributed by atoms with Gasteiger partial charge in [0, 0.05) is 5.39 Å². The van der Waals surface area contributed by atoms with Crippen LogP contribution >= 0.6 is 11.8 Å². The van der Waals surface area contributed by atoms with Crippen LogP contribution in [-0.2, 0) is 5.75 Å². The zero-order valence-corrected chi connectivity index (χ0v) is 9.67. The van der Waals surface area contributed by atoms with E-state index in [2.05, 4.69) is 13.8 Å². The molecule has 15 heavy (non-hydrogen) atoms. The molecule has 0 aliphatic heterocycles. The number of phenolic OH excluding ortho intramolecular Hbond substituents is 1. The summed E-state index contributed by atoms with van der Waals surface area (Å²) in [6, 6.07) is 7.16. The second-order valence-corrected chi connectivity index (χ2v) is 5.36. The maximum absolute atomic E-state index is 9.31. The molecule has 3 heteroatoms. The minimum atomic E-state index is 0.284. The minimum Gasteiger partial charge on any atom is -0.508 e. The van der Waals surface area contributed by atoms with Gasteiger partial charge in [-0.1, -0.05) is 13.8 Å². The highest BCUT2D eigenvalue weighted by atomic mass is 32.2. The summed E-state index contributed by atoms with van der Waals surface area (Å²) in [7, 11) is 0. The quantitative estimate of drug-likeness (QED) is 0.858. The van der Waals surface area contributed by atoms with E-state index in [0.29, 0.717) is 5.25 Å². The van der Waals surface area contributed by atoms with Crippen molar-refractivity contribution >= 4 is 22.7 Å². The Balaban J connectivity index is 2.23. The largest absolute Gasteiger partial charge is 0.508 e. The standard InChI is InChI=1S/C12H14O2S/c1-8(2)15-7-11-6-9-5-10(13)3-4-12(9)14-11/h3-6,8,13H,7H2,1-2H3. The van der Waals surface area contributed by atoms with Crippen LogP contribution in [0.3, 0.4) is 0 Å². The van der Waals surface area contributed by atoms with Crippen molar-refractivity contribution in [3.63, 3.8) is 0 Å². The van der Waals surface area contributed by atoms with Crippen LogP contribution in [0.1, 0.15) is 19.6 Å². The summed E-state index contributed by atoms with van der Waals surface area (Å²) >= 11 is 1.85. The first kappa shape index (κ1) is 10.4. The second-order valence-electron chi connectivity index (χ2n) is 3.79. The molecule has 1 N–H and O–H groups in total. The van der Waals surface area contributed by atoms with E-state index in [-0.39, 0.29) is 5.75 Å². The molecule has 0 atom stereocenters. The fraction of sp³-hybridized carbons (Fsp3) is 0.333. The van der Waals surface area contributed by atoms with Gasteiger partial charge < -0.3 is 9.52 Å². The van der Waals surface area contributed by atoms with Crippen LogP contribution in [-0.4, -0.2) is 10.4 Å². The van der Waals surface area contributed by atoms with E-state index in [1.54, 1.807) is 18.2 Å². The molecule has 1 aromatic heterocycles. The first-order valence-corrected chi connectivity index (χ1v) is 6.03. The summed E-state index contributed by atoms with van der Waals surface area (Å²) < 4.78 is 5.64. The number of hydrogen-bond acceptors (Lipinski definition) is 3. The van der Waals surface area contributed by atoms with Crippen molar-refractivity contribution < 1.29 is 9.52 Å². The van der Waals surface area contributed by atoms with Gasteiger partial charge in [-0.05, 0) is 29.5 Å². The van der Waals surface area contributed by atoms with E-state index < -0.39 is 0 Å². The van der Waals surface area contributed by atoms with Crippen molar-refractivity contribution in [2.75, 3.05) is 0 Å². The molecule has 0 unspecified atom stereocenters. The normalized spacial score (nSPS) is 11.4. The Morgan fingerprint density at radius 2 is 2.13 bits per heavy atom. The molecular formula is C12H14O2S. The lowest BCUT2D eigenvalue weighted by Crippen LogP contribution is -1.86. The molecule has 0 aliphatic carbocycles. The van der Waals surface area contributed by atoms with Crippen LogP contribution in [0.5, 0.6) is 5.75 Å². The summed E-state index contributed by atoms with van der Waals surface area (Å²) in [5, 5.41) is 10.9. The Bertz CT molecular complexity index is 460. The molecule has 80 valence electrons. The van der Waals surface area contributed by atoms with Crippen LogP contribution < -0.4 is 0 Å². The number of hydrogen-bond donors (Lipinski definition) is 1. The van der Waals surface area contributed by atoms with Crippen molar-refractivity contribution in [2.45, 2.75) is 24.9 Å². The summed E-state index contributed by atoms with van der Waals surface area (Å²) in [6.07, 6.45) is 0. The number of furan rings is 1. The topological polar surface area (TPSA) is 33.4 Å².